The minimum Gasteiger partial charge on any atom is -0.336 e. The Balaban J connectivity index is 1.60. The van der Waals surface area contributed by atoms with Crippen LogP contribution >= 0.6 is 11.6 Å². The summed E-state index contributed by atoms with van der Waals surface area (Å²) in [6.45, 7) is 0.835. The van der Waals surface area contributed by atoms with Crippen LogP contribution in [0, 0.1) is 0 Å². The predicted molar refractivity (Wildman–Crippen MR) is 106 cm³/mol. The molecule has 0 saturated carbocycles. The molecule has 144 valence electrons. The minimum absolute atomic E-state index is 0.145. The van der Waals surface area contributed by atoms with Crippen molar-refractivity contribution in [2.45, 2.75) is 19.0 Å². The van der Waals surface area contributed by atoms with Gasteiger partial charge in [-0.15, -0.1) is 0 Å². The number of hydrogen-bond donors (Lipinski definition) is 2. The van der Waals surface area contributed by atoms with Gasteiger partial charge in [0, 0.05) is 42.8 Å². The number of carbonyl (C=O) groups excluding carboxylic acids is 1. The summed E-state index contributed by atoms with van der Waals surface area (Å²) in [5.74, 6) is 0.714. The van der Waals surface area contributed by atoms with Crippen LogP contribution in [-0.2, 0) is 20.0 Å². The highest BCUT2D eigenvalue weighted by molar-refractivity contribution is 6.30. The van der Waals surface area contributed by atoms with Gasteiger partial charge in [0.2, 0.25) is 0 Å². The van der Waals surface area contributed by atoms with Gasteiger partial charge in [0.15, 0.2) is 0 Å². The van der Waals surface area contributed by atoms with Crippen LogP contribution in [0.4, 0.5) is 4.79 Å². The first-order valence-electron chi connectivity index (χ1n) is 9.00. The summed E-state index contributed by atoms with van der Waals surface area (Å²) in [4.78, 5) is 33.9. The second-order valence-electron chi connectivity index (χ2n) is 6.81. The lowest BCUT2D eigenvalue weighted by molar-refractivity contribution is 0.189. The molecule has 8 heteroatoms. The Morgan fingerprint density at radius 1 is 1.29 bits per heavy atom. The molecule has 0 aliphatic carbocycles. The zero-order valence-electron chi connectivity index (χ0n) is 15.4. The molecule has 0 bridgehead atoms. The number of pyridine rings is 1. The summed E-state index contributed by atoms with van der Waals surface area (Å²) in [5, 5.41) is 3.69. The number of halogens is 1. The number of amides is 2. The molecule has 4 rings (SSSR count). The topological polar surface area (TPSA) is 83.0 Å². The fraction of sp³-hybridized carbons (Fsp3) is 0.250. The highest BCUT2D eigenvalue weighted by Gasteiger charge is 2.27. The van der Waals surface area contributed by atoms with Crippen LogP contribution in [0.1, 0.15) is 28.6 Å². The number of fused-ring (bicyclic) bond motifs is 1. The maximum Gasteiger partial charge on any atom is 0.318 e. The van der Waals surface area contributed by atoms with Crippen molar-refractivity contribution in [1.82, 2.24) is 24.8 Å². The van der Waals surface area contributed by atoms with E-state index >= 15 is 0 Å². The summed E-state index contributed by atoms with van der Waals surface area (Å²) < 4.78 is 1.87. The van der Waals surface area contributed by atoms with Crippen molar-refractivity contribution >= 4 is 17.6 Å². The highest BCUT2D eigenvalue weighted by Crippen LogP contribution is 2.23. The van der Waals surface area contributed by atoms with Crippen LogP contribution in [0.3, 0.4) is 0 Å². The average molecular weight is 398 g/mol. The Bertz CT molecular complexity index is 1060. The Labute approximate surface area is 167 Å². The third kappa shape index (κ3) is 3.53. The molecule has 1 aliphatic rings. The predicted octanol–water partition coefficient (Wildman–Crippen LogP) is 2.62. The van der Waals surface area contributed by atoms with Crippen molar-refractivity contribution < 1.29 is 4.79 Å². The van der Waals surface area contributed by atoms with Crippen LogP contribution in [0.25, 0.3) is 0 Å². The number of nitrogens with one attached hydrogen (secondary N) is 2. The van der Waals surface area contributed by atoms with Crippen LogP contribution in [-0.4, -0.2) is 32.0 Å². The molecule has 1 atom stereocenters. The second kappa shape index (κ2) is 7.52. The van der Waals surface area contributed by atoms with Gasteiger partial charge < -0.3 is 19.8 Å². The molecule has 0 spiro atoms. The number of aryl methyl sites for hydroxylation is 1. The standard InChI is InChI=1S/C20H20ClN5O2/c1-25-11-9-22-18(25)17(14-2-4-15(21)5-3-14)24-20(28)26-10-7-13-6-8-23-19(27)16(13)12-26/h2-6,8-9,11,17H,7,10,12H2,1H3,(H,23,27)(H,24,28). The van der Waals surface area contributed by atoms with E-state index in [0.29, 0.717) is 29.4 Å². The maximum atomic E-state index is 13.0. The Kier molecular flexibility index (Phi) is 4.92. The molecule has 2 aromatic heterocycles. The molecule has 1 unspecified atom stereocenters. The highest BCUT2D eigenvalue weighted by atomic mass is 35.5. The molecule has 0 radical (unpaired) electrons. The lowest BCUT2D eigenvalue weighted by Crippen LogP contribution is -2.46. The first-order chi connectivity index (χ1) is 13.5. The molecule has 7 nitrogen and oxygen atoms in total. The number of H-pyrrole nitrogens is 1. The lowest BCUT2D eigenvalue weighted by atomic mass is 10.0. The molecular formula is C20H20ClN5O2. The normalized spacial score (nSPS) is 14.4. The molecule has 1 aromatic carbocycles. The minimum atomic E-state index is -0.430. The zero-order valence-corrected chi connectivity index (χ0v) is 16.1. The number of urea groups is 1. The number of nitrogens with zero attached hydrogens (tertiary/aromatic N) is 3. The summed E-state index contributed by atoms with van der Waals surface area (Å²) in [5.41, 5.74) is 2.37. The van der Waals surface area contributed by atoms with Gasteiger partial charge in [0.05, 0.1) is 6.54 Å². The third-order valence-corrected chi connectivity index (χ3v) is 5.29. The van der Waals surface area contributed by atoms with Crippen molar-refractivity contribution in [3.05, 3.63) is 86.8 Å². The van der Waals surface area contributed by atoms with Crippen molar-refractivity contribution in [2.75, 3.05) is 6.54 Å². The molecule has 2 N–H and O–H groups in total. The van der Waals surface area contributed by atoms with Gasteiger partial charge >= 0.3 is 6.03 Å². The monoisotopic (exact) mass is 397 g/mol. The van der Waals surface area contributed by atoms with Crippen LogP contribution in [0.2, 0.25) is 5.02 Å². The van der Waals surface area contributed by atoms with Crippen molar-refractivity contribution in [2.24, 2.45) is 7.05 Å². The number of carbonyl (C=O) groups is 1. The Morgan fingerprint density at radius 2 is 2.07 bits per heavy atom. The maximum absolute atomic E-state index is 13.0. The number of aromatic amines is 1. The molecular weight excluding hydrogens is 378 g/mol. The lowest BCUT2D eigenvalue weighted by Gasteiger charge is -2.30. The van der Waals surface area contributed by atoms with E-state index in [1.807, 2.05) is 36.0 Å². The van der Waals surface area contributed by atoms with Gasteiger partial charge in [0.1, 0.15) is 11.9 Å². The summed E-state index contributed by atoms with van der Waals surface area (Å²) in [6.07, 6.45) is 5.83. The van der Waals surface area contributed by atoms with Gasteiger partial charge in [-0.2, -0.15) is 0 Å². The molecule has 3 heterocycles. The molecule has 2 amide bonds. The largest absolute Gasteiger partial charge is 0.336 e. The van der Waals surface area contributed by atoms with Crippen molar-refractivity contribution in [1.29, 1.82) is 0 Å². The first-order valence-corrected chi connectivity index (χ1v) is 9.38. The number of hydrogen-bond acceptors (Lipinski definition) is 3. The van der Waals surface area contributed by atoms with Crippen LogP contribution in [0.15, 0.2) is 53.7 Å². The van der Waals surface area contributed by atoms with E-state index in [9.17, 15) is 9.59 Å². The van der Waals surface area contributed by atoms with E-state index in [1.165, 1.54) is 0 Å². The number of benzene rings is 1. The van der Waals surface area contributed by atoms with E-state index < -0.39 is 6.04 Å². The second-order valence-corrected chi connectivity index (χ2v) is 7.25. The van der Waals surface area contributed by atoms with E-state index in [1.54, 1.807) is 29.4 Å². The molecule has 0 fully saturated rings. The van der Waals surface area contributed by atoms with Crippen LogP contribution < -0.4 is 10.9 Å². The number of imidazole rings is 1. The summed E-state index contributed by atoms with van der Waals surface area (Å²) >= 11 is 6.01. The summed E-state index contributed by atoms with van der Waals surface area (Å²) in [7, 11) is 1.88. The average Bonchev–Trinajstić information content (AvgIpc) is 3.12. The fourth-order valence-corrected chi connectivity index (χ4v) is 3.61. The summed E-state index contributed by atoms with van der Waals surface area (Å²) in [6, 6.07) is 8.55. The van der Waals surface area contributed by atoms with Crippen molar-refractivity contribution in [3.8, 4) is 0 Å². The van der Waals surface area contributed by atoms with E-state index in [4.69, 9.17) is 11.6 Å². The van der Waals surface area contributed by atoms with E-state index in [-0.39, 0.29) is 18.1 Å². The van der Waals surface area contributed by atoms with Gasteiger partial charge in [-0.05, 0) is 35.7 Å². The number of rotatable bonds is 3. The first kappa shape index (κ1) is 18.3. The quantitative estimate of drug-likeness (QED) is 0.712. The van der Waals surface area contributed by atoms with E-state index in [2.05, 4.69) is 15.3 Å². The van der Waals surface area contributed by atoms with Crippen molar-refractivity contribution in [3.63, 3.8) is 0 Å². The molecule has 28 heavy (non-hydrogen) atoms. The smallest absolute Gasteiger partial charge is 0.318 e. The SMILES string of the molecule is Cn1ccnc1C(NC(=O)N1CCc2cc[nH]c(=O)c2C1)c1ccc(Cl)cc1. The molecule has 3 aromatic rings. The third-order valence-electron chi connectivity index (χ3n) is 5.04. The molecule has 1 aliphatic heterocycles. The molecule has 0 saturated heterocycles. The van der Waals surface area contributed by atoms with Gasteiger partial charge in [-0.25, -0.2) is 9.78 Å². The fourth-order valence-electron chi connectivity index (χ4n) is 3.48. The van der Waals surface area contributed by atoms with Gasteiger partial charge in [0.25, 0.3) is 5.56 Å². The van der Waals surface area contributed by atoms with Gasteiger partial charge in [-0.3, -0.25) is 4.79 Å². The van der Waals surface area contributed by atoms with Gasteiger partial charge in [-0.1, -0.05) is 23.7 Å². The Hall–Kier alpha value is -3.06. The van der Waals surface area contributed by atoms with Crippen LogP contribution in [0.5, 0.6) is 0 Å². The number of aromatic nitrogens is 3. The zero-order chi connectivity index (χ0) is 19.7. The van der Waals surface area contributed by atoms with E-state index in [0.717, 1.165) is 11.1 Å². The Morgan fingerprint density at radius 3 is 2.79 bits per heavy atom.